The number of fused-ring (bicyclic) bond motifs is 3. The van der Waals surface area contributed by atoms with E-state index in [2.05, 4.69) is 17.4 Å². The number of amides is 1. The van der Waals surface area contributed by atoms with Crippen LogP contribution >= 0.6 is 11.3 Å². The van der Waals surface area contributed by atoms with Crippen LogP contribution < -0.4 is 5.32 Å². The second-order valence-corrected chi connectivity index (χ2v) is 7.68. The molecule has 0 spiro atoms. The molecule has 142 valence electrons. The Balaban J connectivity index is 1.44. The van der Waals surface area contributed by atoms with Crippen molar-refractivity contribution in [2.24, 2.45) is 0 Å². The van der Waals surface area contributed by atoms with Gasteiger partial charge in [-0.2, -0.15) is 0 Å². The summed E-state index contributed by atoms with van der Waals surface area (Å²) >= 11 is 1.46. The highest BCUT2D eigenvalue weighted by molar-refractivity contribution is 7.09. The predicted octanol–water partition coefficient (Wildman–Crippen LogP) is 4.28. The number of benzene rings is 2. The summed E-state index contributed by atoms with van der Waals surface area (Å²) in [5.41, 5.74) is 4.52. The molecule has 6 heteroatoms. The van der Waals surface area contributed by atoms with Crippen LogP contribution in [0.5, 0.6) is 0 Å². The van der Waals surface area contributed by atoms with Crippen molar-refractivity contribution in [2.45, 2.75) is 18.4 Å². The molecule has 4 rings (SSSR count). The minimum Gasteiger partial charge on any atom is -0.480 e. The van der Waals surface area contributed by atoms with Crippen molar-refractivity contribution in [3.63, 3.8) is 0 Å². The number of carboxylic acid groups (broad SMARTS) is 1. The molecule has 1 unspecified atom stereocenters. The van der Waals surface area contributed by atoms with Gasteiger partial charge < -0.3 is 15.2 Å². The van der Waals surface area contributed by atoms with Crippen LogP contribution in [0.3, 0.4) is 0 Å². The quantitative estimate of drug-likeness (QED) is 0.655. The van der Waals surface area contributed by atoms with E-state index in [1.165, 1.54) is 11.3 Å². The Hall–Kier alpha value is -3.12. The van der Waals surface area contributed by atoms with Gasteiger partial charge in [0.25, 0.3) is 0 Å². The fourth-order valence-electron chi connectivity index (χ4n) is 3.61. The maximum absolute atomic E-state index is 12.3. The molecule has 1 aromatic heterocycles. The van der Waals surface area contributed by atoms with Gasteiger partial charge in [0, 0.05) is 17.2 Å². The van der Waals surface area contributed by atoms with Gasteiger partial charge in [0.2, 0.25) is 0 Å². The molecule has 0 saturated carbocycles. The Morgan fingerprint density at radius 2 is 1.64 bits per heavy atom. The molecule has 0 fully saturated rings. The van der Waals surface area contributed by atoms with E-state index in [1.54, 1.807) is 0 Å². The Labute approximate surface area is 166 Å². The number of nitrogens with one attached hydrogen (secondary N) is 1. The van der Waals surface area contributed by atoms with Crippen LogP contribution in [-0.2, 0) is 16.0 Å². The summed E-state index contributed by atoms with van der Waals surface area (Å²) in [5.74, 6) is -1.14. The monoisotopic (exact) mass is 393 g/mol. The molecular weight excluding hydrogens is 374 g/mol. The highest BCUT2D eigenvalue weighted by Crippen LogP contribution is 2.44. The van der Waals surface area contributed by atoms with Crippen LogP contribution in [0.4, 0.5) is 4.79 Å². The fraction of sp³-hybridized carbons (Fsp3) is 0.182. The van der Waals surface area contributed by atoms with Gasteiger partial charge in [-0.3, -0.25) is 0 Å². The van der Waals surface area contributed by atoms with Gasteiger partial charge in [-0.05, 0) is 33.7 Å². The average molecular weight is 393 g/mol. The number of thiophene rings is 1. The SMILES string of the molecule is O=C(NC(Cc1cccs1)C(=O)O)OCC1c2ccccc2-c2ccccc21. The zero-order chi connectivity index (χ0) is 19.5. The molecule has 1 atom stereocenters. The number of carboxylic acids is 1. The minimum atomic E-state index is -1.08. The molecule has 0 aliphatic heterocycles. The predicted molar refractivity (Wildman–Crippen MR) is 108 cm³/mol. The van der Waals surface area contributed by atoms with Gasteiger partial charge in [-0.15, -0.1) is 11.3 Å². The normalized spacial score (nSPS) is 13.4. The summed E-state index contributed by atoms with van der Waals surface area (Å²) in [5, 5.41) is 13.7. The molecular formula is C22H19NO4S. The standard InChI is InChI=1S/C22H19NO4S/c24-21(25)20(12-14-6-5-11-28-14)23-22(26)27-13-19-17-9-3-1-7-15(17)16-8-2-4-10-18(16)19/h1-11,19-20H,12-13H2,(H,23,26)(H,24,25). The number of aliphatic carboxylic acids is 1. The van der Waals surface area contributed by atoms with Gasteiger partial charge in [-0.1, -0.05) is 54.6 Å². The van der Waals surface area contributed by atoms with Crippen molar-refractivity contribution < 1.29 is 19.4 Å². The first-order valence-corrected chi connectivity index (χ1v) is 9.88. The zero-order valence-electron chi connectivity index (χ0n) is 15.0. The molecule has 5 nitrogen and oxygen atoms in total. The molecule has 2 aromatic carbocycles. The van der Waals surface area contributed by atoms with E-state index < -0.39 is 18.1 Å². The third kappa shape index (κ3) is 3.64. The first kappa shape index (κ1) is 18.3. The second-order valence-electron chi connectivity index (χ2n) is 6.64. The highest BCUT2D eigenvalue weighted by atomic mass is 32.1. The lowest BCUT2D eigenvalue weighted by Gasteiger charge is -2.17. The number of carbonyl (C=O) groups is 2. The van der Waals surface area contributed by atoms with Crippen molar-refractivity contribution >= 4 is 23.4 Å². The molecule has 1 heterocycles. The molecule has 0 bridgehead atoms. The van der Waals surface area contributed by atoms with Gasteiger partial charge in [0.05, 0.1) is 0 Å². The molecule has 1 aliphatic carbocycles. The van der Waals surface area contributed by atoms with Crippen LogP contribution in [0.15, 0.2) is 66.0 Å². The molecule has 2 N–H and O–H groups in total. The Morgan fingerprint density at radius 1 is 1.00 bits per heavy atom. The van der Waals surface area contributed by atoms with Crippen molar-refractivity contribution in [1.29, 1.82) is 0 Å². The fourth-order valence-corrected chi connectivity index (χ4v) is 4.36. The lowest BCUT2D eigenvalue weighted by atomic mass is 9.98. The van der Waals surface area contributed by atoms with Crippen LogP contribution in [0.25, 0.3) is 11.1 Å². The Bertz CT molecular complexity index is 954. The van der Waals surface area contributed by atoms with E-state index in [1.807, 2.05) is 53.9 Å². The van der Waals surface area contributed by atoms with E-state index in [-0.39, 0.29) is 18.9 Å². The van der Waals surface area contributed by atoms with E-state index in [9.17, 15) is 14.7 Å². The Morgan fingerprint density at radius 3 is 2.21 bits per heavy atom. The van der Waals surface area contributed by atoms with Crippen LogP contribution in [0.1, 0.15) is 21.9 Å². The number of carbonyl (C=O) groups excluding carboxylic acids is 1. The smallest absolute Gasteiger partial charge is 0.407 e. The van der Waals surface area contributed by atoms with E-state index in [0.717, 1.165) is 27.1 Å². The number of hydrogen-bond acceptors (Lipinski definition) is 4. The molecule has 0 radical (unpaired) electrons. The largest absolute Gasteiger partial charge is 0.480 e. The van der Waals surface area contributed by atoms with Crippen LogP contribution in [0, 0.1) is 0 Å². The summed E-state index contributed by atoms with van der Waals surface area (Å²) in [6.07, 6.45) is -0.484. The summed E-state index contributed by atoms with van der Waals surface area (Å²) in [6.45, 7) is 0.158. The first-order chi connectivity index (χ1) is 13.6. The number of alkyl carbamates (subject to hydrolysis) is 1. The van der Waals surface area contributed by atoms with Crippen molar-refractivity contribution in [3.05, 3.63) is 82.0 Å². The molecule has 1 amide bonds. The van der Waals surface area contributed by atoms with E-state index >= 15 is 0 Å². The van der Waals surface area contributed by atoms with E-state index in [4.69, 9.17) is 4.74 Å². The third-order valence-corrected chi connectivity index (χ3v) is 5.82. The second kappa shape index (κ2) is 7.86. The summed E-state index contributed by atoms with van der Waals surface area (Å²) in [4.78, 5) is 24.7. The summed E-state index contributed by atoms with van der Waals surface area (Å²) in [6, 6.07) is 18.8. The number of ether oxygens (including phenoxy) is 1. The third-order valence-electron chi connectivity index (χ3n) is 4.92. The molecule has 28 heavy (non-hydrogen) atoms. The van der Waals surface area contributed by atoms with Crippen molar-refractivity contribution in [3.8, 4) is 11.1 Å². The number of hydrogen-bond donors (Lipinski definition) is 2. The molecule has 3 aromatic rings. The topological polar surface area (TPSA) is 75.6 Å². The number of rotatable bonds is 6. The van der Waals surface area contributed by atoms with Crippen LogP contribution in [0.2, 0.25) is 0 Å². The first-order valence-electron chi connectivity index (χ1n) is 9.00. The van der Waals surface area contributed by atoms with Gasteiger partial charge >= 0.3 is 12.1 Å². The van der Waals surface area contributed by atoms with Gasteiger partial charge in [0.15, 0.2) is 0 Å². The molecule has 1 aliphatic rings. The molecule has 0 saturated heterocycles. The average Bonchev–Trinajstić information content (AvgIpc) is 3.32. The minimum absolute atomic E-state index is 0.0567. The van der Waals surface area contributed by atoms with Crippen molar-refractivity contribution in [2.75, 3.05) is 6.61 Å². The lowest BCUT2D eigenvalue weighted by Crippen LogP contribution is -2.42. The van der Waals surface area contributed by atoms with E-state index in [0.29, 0.717) is 0 Å². The summed E-state index contributed by atoms with van der Waals surface area (Å²) in [7, 11) is 0. The van der Waals surface area contributed by atoms with Crippen molar-refractivity contribution in [1.82, 2.24) is 5.32 Å². The van der Waals surface area contributed by atoms with Gasteiger partial charge in [0.1, 0.15) is 12.6 Å². The van der Waals surface area contributed by atoms with Crippen LogP contribution in [-0.4, -0.2) is 29.8 Å². The maximum atomic E-state index is 12.3. The Kier molecular flexibility index (Phi) is 5.12. The lowest BCUT2D eigenvalue weighted by molar-refractivity contribution is -0.139. The van der Waals surface area contributed by atoms with Gasteiger partial charge in [-0.25, -0.2) is 9.59 Å². The zero-order valence-corrected chi connectivity index (χ0v) is 15.8. The maximum Gasteiger partial charge on any atom is 0.407 e. The highest BCUT2D eigenvalue weighted by Gasteiger charge is 2.29. The summed E-state index contributed by atoms with van der Waals surface area (Å²) < 4.78 is 5.43.